The van der Waals surface area contributed by atoms with Gasteiger partial charge in [0.1, 0.15) is 0 Å². The largest absolute Gasteiger partial charge is 0.354 e. The molecule has 1 aliphatic heterocycles. The lowest BCUT2D eigenvalue weighted by molar-refractivity contribution is 0.345. The van der Waals surface area contributed by atoms with Crippen LogP contribution < -0.4 is 10.2 Å². The van der Waals surface area contributed by atoms with Crippen molar-refractivity contribution in [2.45, 2.75) is 13.3 Å². The number of halogens is 1. The van der Waals surface area contributed by atoms with Crippen LogP contribution in [0.4, 0.5) is 11.9 Å². The van der Waals surface area contributed by atoms with Crippen LogP contribution in [0.15, 0.2) is 0 Å². The highest BCUT2D eigenvalue weighted by Crippen LogP contribution is 2.17. The fraction of sp³-hybridized carbons (Fsp3) is 0.750. The van der Waals surface area contributed by atoms with Gasteiger partial charge in [-0.05, 0) is 37.0 Å². The molecule has 1 N–H and O–H groups in total. The Labute approximate surface area is 119 Å². The van der Waals surface area contributed by atoms with Gasteiger partial charge in [0.25, 0.3) is 0 Å². The fourth-order valence-electron chi connectivity index (χ4n) is 2.22. The van der Waals surface area contributed by atoms with Crippen LogP contribution in [0.25, 0.3) is 0 Å². The van der Waals surface area contributed by atoms with Gasteiger partial charge in [-0.25, -0.2) is 0 Å². The smallest absolute Gasteiger partial charge is 0.230 e. The fourth-order valence-corrected chi connectivity index (χ4v) is 2.38. The number of likely N-dealkylation sites (tertiary alicyclic amines) is 1. The minimum Gasteiger partial charge on any atom is -0.354 e. The summed E-state index contributed by atoms with van der Waals surface area (Å²) >= 11 is 5.90. The first-order valence-corrected chi connectivity index (χ1v) is 7.01. The van der Waals surface area contributed by atoms with Gasteiger partial charge in [-0.2, -0.15) is 15.0 Å². The van der Waals surface area contributed by atoms with Crippen molar-refractivity contribution < 1.29 is 0 Å². The van der Waals surface area contributed by atoms with E-state index in [1.165, 1.54) is 13.0 Å². The standard InChI is InChI=1S/C12H21ClN6/c1-4-19-6-5-9(8-19)7-14-11-15-10(13)16-12(17-11)18(2)3/h9H,4-8H2,1-3H3,(H,14,15,16,17). The number of nitrogens with one attached hydrogen (secondary N) is 1. The van der Waals surface area contributed by atoms with Crippen LogP contribution in [0.5, 0.6) is 0 Å². The molecule has 1 unspecified atom stereocenters. The molecule has 1 saturated heterocycles. The van der Waals surface area contributed by atoms with Crippen LogP contribution in [0.3, 0.4) is 0 Å². The summed E-state index contributed by atoms with van der Waals surface area (Å²) in [5.74, 6) is 1.78. The summed E-state index contributed by atoms with van der Waals surface area (Å²) in [6, 6.07) is 0. The molecule has 1 fully saturated rings. The van der Waals surface area contributed by atoms with Crippen molar-refractivity contribution in [1.82, 2.24) is 19.9 Å². The molecule has 106 valence electrons. The van der Waals surface area contributed by atoms with E-state index < -0.39 is 0 Å². The molecule has 6 nitrogen and oxygen atoms in total. The Bertz CT molecular complexity index is 425. The number of rotatable bonds is 5. The Hall–Kier alpha value is -1.14. The molecule has 2 heterocycles. The molecule has 0 saturated carbocycles. The van der Waals surface area contributed by atoms with Crippen molar-refractivity contribution in [3.8, 4) is 0 Å². The minimum absolute atomic E-state index is 0.225. The van der Waals surface area contributed by atoms with E-state index in [0.29, 0.717) is 17.8 Å². The van der Waals surface area contributed by atoms with Crippen LogP contribution in [0, 0.1) is 5.92 Å². The molecule has 0 aliphatic carbocycles. The number of hydrogen-bond donors (Lipinski definition) is 1. The van der Waals surface area contributed by atoms with Crippen LogP contribution in [0.2, 0.25) is 5.28 Å². The highest BCUT2D eigenvalue weighted by molar-refractivity contribution is 6.28. The summed E-state index contributed by atoms with van der Waals surface area (Å²) in [7, 11) is 3.76. The topological polar surface area (TPSA) is 57.2 Å². The molecule has 1 atom stereocenters. The lowest BCUT2D eigenvalue weighted by Gasteiger charge is -2.15. The van der Waals surface area contributed by atoms with E-state index in [2.05, 4.69) is 32.1 Å². The molecule has 1 aliphatic rings. The molecule has 1 aromatic rings. The van der Waals surface area contributed by atoms with Crippen molar-refractivity contribution in [3.05, 3.63) is 5.28 Å². The molecule has 2 rings (SSSR count). The summed E-state index contributed by atoms with van der Waals surface area (Å²) in [6.07, 6.45) is 1.22. The van der Waals surface area contributed by atoms with E-state index in [4.69, 9.17) is 11.6 Å². The van der Waals surface area contributed by atoms with Crippen LogP contribution >= 0.6 is 11.6 Å². The van der Waals surface area contributed by atoms with E-state index in [1.54, 1.807) is 0 Å². The number of nitrogens with zero attached hydrogens (tertiary/aromatic N) is 5. The average molecular weight is 285 g/mol. The molecule has 0 amide bonds. The lowest BCUT2D eigenvalue weighted by Crippen LogP contribution is -2.23. The average Bonchev–Trinajstić information content (AvgIpc) is 2.83. The van der Waals surface area contributed by atoms with Crippen LogP contribution in [-0.4, -0.2) is 60.1 Å². The summed E-state index contributed by atoms with van der Waals surface area (Å²) in [5, 5.41) is 3.49. The first-order chi connectivity index (χ1) is 9.08. The molecule has 0 radical (unpaired) electrons. The highest BCUT2D eigenvalue weighted by atomic mass is 35.5. The first kappa shape index (κ1) is 14.3. The van der Waals surface area contributed by atoms with Gasteiger partial charge in [0.15, 0.2) is 0 Å². The molecule has 1 aromatic heterocycles. The maximum Gasteiger partial charge on any atom is 0.230 e. The van der Waals surface area contributed by atoms with E-state index in [9.17, 15) is 0 Å². The van der Waals surface area contributed by atoms with Gasteiger partial charge >= 0.3 is 0 Å². The normalized spacial score (nSPS) is 19.7. The van der Waals surface area contributed by atoms with E-state index in [1.807, 2.05) is 19.0 Å². The molecule has 0 aromatic carbocycles. The van der Waals surface area contributed by atoms with Gasteiger partial charge in [-0.1, -0.05) is 6.92 Å². The third-order valence-corrected chi connectivity index (χ3v) is 3.53. The maximum absolute atomic E-state index is 5.90. The van der Waals surface area contributed by atoms with Gasteiger partial charge < -0.3 is 15.1 Å². The zero-order valence-electron chi connectivity index (χ0n) is 11.7. The van der Waals surface area contributed by atoms with Crippen molar-refractivity contribution in [3.63, 3.8) is 0 Å². The predicted octanol–water partition coefficient (Wildman–Crippen LogP) is 1.34. The molecular formula is C12H21ClN6. The van der Waals surface area contributed by atoms with Gasteiger partial charge in [-0.3, -0.25) is 0 Å². The third-order valence-electron chi connectivity index (χ3n) is 3.36. The Kier molecular flexibility index (Phi) is 4.76. The Morgan fingerprint density at radius 1 is 1.37 bits per heavy atom. The Morgan fingerprint density at radius 2 is 2.16 bits per heavy atom. The van der Waals surface area contributed by atoms with Crippen molar-refractivity contribution in [1.29, 1.82) is 0 Å². The second-order valence-electron chi connectivity index (χ2n) is 5.05. The monoisotopic (exact) mass is 284 g/mol. The second kappa shape index (κ2) is 6.34. The van der Waals surface area contributed by atoms with Gasteiger partial charge in [0.2, 0.25) is 17.2 Å². The maximum atomic E-state index is 5.90. The van der Waals surface area contributed by atoms with Crippen molar-refractivity contribution >= 4 is 23.5 Å². The quantitative estimate of drug-likeness (QED) is 0.881. The molecular weight excluding hydrogens is 264 g/mol. The molecule has 7 heteroatoms. The zero-order valence-corrected chi connectivity index (χ0v) is 12.5. The van der Waals surface area contributed by atoms with Crippen LogP contribution in [-0.2, 0) is 0 Å². The van der Waals surface area contributed by atoms with E-state index in [-0.39, 0.29) is 5.28 Å². The number of hydrogen-bond acceptors (Lipinski definition) is 6. The highest BCUT2D eigenvalue weighted by Gasteiger charge is 2.21. The summed E-state index contributed by atoms with van der Waals surface area (Å²) in [6.45, 7) is 6.53. The van der Waals surface area contributed by atoms with Crippen molar-refractivity contribution in [2.75, 3.05) is 50.5 Å². The Morgan fingerprint density at radius 3 is 2.79 bits per heavy atom. The van der Waals surface area contributed by atoms with Crippen LogP contribution in [0.1, 0.15) is 13.3 Å². The summed E-state index contributed by atoms with van der Waals surface area (Å²) in [5.41, 5.74) is 0. The second-order valence-corrected chi connectivity index (χ2v) is 5.39. The van der Waals surface area contributed by atoms with Gasteiger partial charge in [-0.15, -0.1) is 0 Å². The Balaban J connectivity index is 1.92. The van der Waals surface area contributed by atoms with E-state index >= 15 is 0 Å². The summed E-state index contributed by atoms with van der Waals surface area (Å²) < 4.78 is 0. The minimum atomic E-state index is 0.225. The molecule has 0 spiro atoms. The first-order valence-electron chi connectivity index (χ1n) is 6.63. The molecule has 19 heavy (non-hydrogen) atoms. The van der Waals surface area contributed by atoms with E-state index in [0.717, 1.165) is 19.6 Å². The SMILES string of the molecule is CCN1CCC(CNc2nc(Cl)nc(N(C)C)n2)C1. The lowest BCUT2D eigenvalue weighted by atomic mass is 10.1. The molecule has 0 bridgehead atoms. The summed E-state index contributed by atoms with van der Waals surface area (Å²) in [4.78, 5) is 16.8. The predicted molar refractivity (Wildman–Crippen MR) is 77.9 cm³/mol. The van der Waals surface area contributed by atoms with Gasteiger partial charge in [0, 0.05) is 27.2 Å². The van der Waals surface area contributed by atoms with Gasteiger partial charge in [0.05, 0.1) is 0 Å². The van der Waals surface area contributed by atoms with Crippen molar-refractivity contribution in [2.24, 2.45) is 5.92 Å². The number of aromatic nitrogens is 3. The number of anilines is 2. The third kappa shape index (κ3) is 3.91. The zero-order chi connectivity index (χ0) is 13.8.